The van der Waals surface area contributed by atoms with Gasteiger partial charge in [-0.2, -0.15) is 0 Å². The average Bonchev–Trinajstić information content (AvgIpc) is 3.22. The maximum absolute atomic E-state index is 13.0. The van der Waals surface area contributed by atoms with Crippen LogP contribution in [0.4, 0.5) is 0 Å². The van der Waals surface area contributed by atoms with Crippen LogP contribution in [-0.4, -0.2) is 11.8 Å². The molecule has 154 valence electrons. The number of carbonyl (C=O) groups is 2. The van der Waals surface area contributed by atoms with Crippen molar-refractivity contribution in [2.75, 3.05) is 0 Å². The summed E-state index contributed by atoms with van der Waals surface area (Å²) in [6.45, 7) is 7.91. The van der Waals surface area contributed by atoms with Crippen molar-refractivity contribution >= 4 is 17.9 Å². The highest BCUT2D eigenvalue weighted by Crippen LogP contribution is 2.18. The van der Waals surface area contributed by atoms with Gasteiger partial charge in [-0.1, -0.05) is 35.9 Å². The number of amides is 2. The molecule has 0 aliphatic carbocycles. The molecule has 1 atom stereocenters. The van der Waals surface area contributed by atoms with Gasteiger partial charge in [0.2, 0.25) is 0 Å². The molecule has 0 aliphatic rings. The first-order valence-electron chi connectivity index (χ1n) is 9.84. The molecule has 5 heteroatoms. The SMILES string of the molecule is Cc1cccc(C(=O)N/C(=C\c2ccco2)C(=O)N[C@@H](C)c2ccc(C)c(C)c2)c1. The molecule has 0 aliphatic heterocycles. The third kappa shape index (κ3) is 5.26. The lowest BCUT2D eigenvalue weighted by Gasteiger charge is -2.17. The number of hydrogen-bond acceptors (Lipinski definition) is 3. The van der Waals surface area contributed by atoms with Crippen LogP contribution >= 0.6 is 0 Å². The van der Waals surface area contributed by atoms with E-state index in [1.807, 2.05) is 52.0 Å². The van der Waals surface area contributed by atoms with Crippen LogP contribution in [0.15, 0.2) is 71.0 Å². The highest BCUT2D eigenvalue weighted by Gasteiger charge is 2.18. The molecule has 0 saturated carbocycles. The highest BCUT2D eigenvalue weighted by molar-refractivity contribution is 6.05. The molecule has 0 bridgehead atoms. The minimum Gasteiger partial charge on any atom is -0.465 e. The van der Waals surface area contributed by atoms with Gasteiger partial charge in [0.05, 0.1) is 12.3 Å². The van der Waals surface area contributed by atoms with E-state index in [0.717, 1.165) is 16.7 Å². The Morgan fingerprint density at radius 1 is 0.967 bits per heavy atom. The van der Waals surface area contributed by atoms with E-state index < -0.39 is 5.91 Å². The van der Waals surface area contributed by atoms with E-state index in [-0.39, 0.29) is 17.6 Å². The summed E-state index contributed by atoms with van der Waals surface area (Å²) in [6.07, 6.45) is 3.04. The summed E-state index contributed by atoms with van der Waals surface area (Å²) in [5, 5.41) is 5.69. The van der Waals surface area contributed by atoms with E-state index in [2.05, 4.69) is 16.7 Å². The zero-order valence-electron chi connectivity index (χ0n) is 17.7. The molecule has 2 aromatic carbocycles. The maximum Gasteiger partial charge on any atom is 0.268 e. The van der Waals surface area contributed by atoms with Crippen LogP contribution in [0, 0.1) is 20.8 Å². The Bertz CT molecular complexity index is 1080. The second kappa shape index (κ2) is 9.27. The molecule has 30 heavy (non-hydrogen) atoms. The van der Waals surface area contributed by atoms with Crippen LogP contribution in [0.5, 0.6) is 0 Å². The van der Waals surface area contributed by atoms with Gasteiger partial charge in [-0.15, -0.1) is 0 Å². The van der Waals surface area contributed by atoms with Gasteiger partial charge in [0, 0.05) is 11.6 Å². The molecule has 1 heterocycles. The fourth-order valence-corrected chi connectivity index (χ4v) is 3.05. The molecular formula is C25H26N2O3. The lowest BCUT2D eigenvalue weighted by atomic mass is 10.0. The quantitative estimate of drug-likeness (QED) is 0.579. The average molecular weight is 402 g/mol. The summed E-state index contributed by atoms with van der Waals surface area (Å²) < 4.78 is 5.33. The van der Waals surface area contributed by atoms with Gasteiger partial charge in [0.15, 0.2) is 0 Å². The number of nitrogens with one attached hydrogen (secondary N) is 2. The molecule has 0 fully saturated rings. The van der Waals surface area contributed by atoms with E-state index in [9.17, 15) is 9.59 Å². The number of aryl methyl sites for hydroxylation is 3. The fraction of sp³-hybridized carbons (Fsp3) is 0.200. The number of benzene rings is 2. The Hall–Kier alpha value is -3.60. The summed E-state index contributed by atoms with van der Waals surface area (Å²) in [6, 6.07) is 16.5. The smallest absolute Gasteiger partial charge is 0.268 e. The highest BCUT2D eigenvalue weighted by atomic mass is 16.3. The minimum atomic E-state index is -0.391. The number of carbonyl (C=O) groups excluding carboxylic acids is 2. The minimum absolute atomic E-state index is 0.118. The molecule has 0 unspecified atom stereocenters. The summed E-state index contributed by atoms with van der Waals surface area (Å²) in [5.74, 6) is -0.271. The molecule has 0 saturated heterocycles. The number of furan rings is 1. The zero-order chi connectivity index (χ0) is 21.7. The van der Waals surface area contributed by atoms with Crippen molar-refractivity contribution in [3.05, 3.63) is 100 Å². The molecule has 2 N–H and O–H groups in total. The molecule has 0 spiro atoms. The second-order valence-corrected chi connectivity index (χ2v) is 7.44. The van der Waals surface area contributed by atoms with Crippen molar-refractivity contribution < 1.29 is 14.0 Å². The molecular weight excluding hydrogens is 376 g/mol. The Labute approximate surface area is 176 Å². The van der Waals surface area contributed by atoms with E-state index in [1.165, 1.54) is 17.9 Å². The standard InChI is InChI=1S/C25H26N2O3/c1-16-7-5-8-21(13-16)24(28)27-23(15-22-9-6-12-30-22)25(29)26-19(4)20-11-10-17(2)18(3)14-20/h5-15,19H,1-4H3,(H,26,29)(H,27,28)/b23-15-/t19-/m0/s1. The van der Waals surface area contributed by atoms with Crippen LogP contribution in [0.3, 0.4) is 0 Å². The zero-order valence-corrected chi connectivity index (χ0v) is 17.7. The van der Waals surface area contributed by atoms with Gasteiger partial charge in [-0.3, -0.25) is 9.59 Å². The molecule has 3 aromatic rings. The van der Waals surface area contributed by atoms with Crippen molar-refractivity contribution in [2.45, 2.75) is 33.7 Å². The molecule has 5 nitrogen and oxygen atoms in total. The Morgan fingerprint density at radius 2 is 1.77 bits per heavy atom. The number of rotatable bonds is 6. The van der Waals surface area contributed by atoms with E-state index in [0.29, 0.717) is 11.3 Å². The van der Waals surface area contributed by atoms with Crippen molar-refractivity contribution in [2.24, 2.45) is 0 Å². The van der Waals surface area contributed by atoms with Gasteiger partial charge in [0.25, 0.3) is 11.8 Å². The predicted molar refractivity (Wildman–Crippen MR) is 118 cm³/mol. The normalized spacial score (nSPS) is 12.3. The fourth-order valence-electron chi connectivity index (χ4n) is 3.05. The first-order chi connectivity index (χ1) is 14.3. The Morgan fingerprint density at radius 3 is 2.43 bits per heavy atom. The predicted octanol–water partition coefficient (Wildman–Crippen LogP) is 4.85. The largest absolute Gasteiger partial charge is 0.465 e. The number of hydrogen-bond donors (Lipinski definition) is 2. The van der Waals surface area contributed by atoms with Crippen LogP contribution < -0.4 is 10.6 Å². The lowest BCUT2D eigenvalue weighted by Crippen LogP contribution is -2.36. The van der Waals surface area contributed by atoms with E-state index in [4.69, 9.17) is 4.42 Å². The first-order valence-corrected chi connectivity index (χ1v) is 9.84. The summed E-state index contributed by atoms with van der Waals surface area (Å²) in [7, 11) is 0. The van der Waals surface area contributed by atoms with Crippen molar-refractivity contribution in [1.29, 1.82) is 0 Å². The van der Waals surface area contributed by atoms with Gasteiger partial charge in [-0.05, 0) is 68.7 Å². The summed E-state index contributed by atoms with van der Waals surface area (Å²) >= 11 is 0. The third-order valence-corrected chi connectivity index (χ3v) is 4.98. The Kier molecular flexibility index (Phi) is 6.52. The molecule has 1 aromatic heterocycles. The monoisotopic (exact) mass is 402 g/mol. The van der Waals surface area contributed by atoms with Crippen LogP contribution in [0.1, 0.15) is 51.3 Å². The summed E-state index contributed by atoms with van der Waals surface area (Å²) in [4.78, 5) is 25.7. The topological polar surface area (TPSA) is 71.3 Å². The van der Waals surface area contributed by atoms with Crippen molar-refractivity contribution in [1.82, 2.24) is 10.6 Å². The lowest BCUT2D eigenvalue weighted by molar-refractivity contribution is -0.118. The van der Waals surface area contributed by atoms with Crippen LogP contribution in [0.2, 0.25) is 0 Å². The van der Waals surface area contributed by atoms with Crippen molar-refractivity contribution in [3.8, 4) is 0 Å². The molecule has 3 rings (SSSR count). The van der Waals surface area contributed by atoms with E-state index in [1.54, 1.807) is 24.3 Å². The Balaban J connectivity index is 1.82. The second-order valence-electron chi connectivity index (χ2n) is 7.44. The van der Waals surface area contributed by atoms with Gasteiger partial charge >= 0.3 is 0 Å². The van der Waals surface area contributed by atoms with Crippen molar-refractivity contribution in [3.63, 3.8) is 0 Å². The van der Waals surface area contributed by atoms with Gasteiger partial charge < -0.3 is 15.1 Å². The molecule has 0 radical (unpaired) electrons. The summed E-state index contributed by atoms with van der Waals surface area (Å²) in [5.41, 5.74) is 4.91. The maximum atomic E-state index is 13.0. The molecule has 2 amide bonds. The van der Waals surface area contributed by atoms with Gasteiger partial charge in [-0.25, -0.2) is 0 Å². The van der Waals surface area contributed by atoms with Crippen LogP contribution in [0.25, 0.3) is 6.08 Å². The van der Waals surface area contributed by atoms with Gasteiger partial charge in [0.1, 0.15) is 11.5 Å². The van der Waals surface area contributed by atoms with E-state index >= 15 is 0 Å². The van der Waals surface area contributed by atoms with Crippen LogP contribution in [-0.2, 0) is 4.79 Å². The third-order valence-electron chi connectivity index (χ3n) is 4.98. The first kappa shape index (κ1) is 21.1.